The van der Waals surface area contributed by atoms with Crippen LogP contribution in [0.1, 0.15) is 32.6 Å². The molecular weight excluding hydrogens is 278 g/mol. The normalized spacial score (nSPS) is 10.1. The van der Waals surface area contributed by atoms with E-state index in [0.29, 0.717) is 12.3 Å². The summed E-state index contributed by atoms with van der Waals surface area (Å²) in [6, 6.07) is 7.03. The Morgan fingerprint density at radius 2 is 2.00 bits per heavy atom. The van der Waals surface area contributed by atoms with Crippen LogP contribution in [0.4, 0.5) is 16.2 Å². The van der Waals surface area contributed by atoms with Gasteiger partial charge in [-0.15, -0.1) is 12.4 Å². The van der Waals surface area contributed by atoms with E-state index in [1.807, 2.05) is 0 Å². The summed E-state index contributed by atoms with van der Waals surface area (Å²) in [5.41, 5.74) is 6.95. The average molecular weight is 300 g/mol. The maximum absolute atomic E-state index is 11.3. The number of hydrogen-bond donors (Lipinski definition) is 2. The third-order valence-corrected chi connectivity index (χ3v) is 2.52. The van der Waals surface area contributed by atoms with E-state index in [2.05, 4.69) is 17.2 Å². The van der Waals surface area contributed by atoms with Crippen LogP contribution in [0.15, 0.2) is 29.3 Å². The standard InChI is InChI=1S/C14H21N3O2.ClH/c1-2-3-4-5-10-19-14(18)17-11-16-13-8-6-12(15)7-9-13;/h6-9,11H,2-5,10,15H2,1H3,(H,16,17,18);1H. The molecule has 1 rings (SSSR count). The quantitative estimate of drug-likeness (QED) is 0.349. The van der Waals surface area contributed by atoms with Crippen LogP contribution in [0, 0.1) is 0 Å². The Balaban J connectivity index is 0.00000361. The van der Waals surface area contributed by atoms with Gasteiger partial charge >= 0.3 is 6.09 Å². The van der Waals surface area contributed by atoms with Crippen molar-refractivity contribution < 1.29 is 9.53 Å². The highest BCUT2D eigenvalue weighted by atomic mass is 35.5. The Morgan fingerprint density at radius 1 is 1.30 bits per heavy atom. The minimum Gasteiger partial charge on any atom is -0.449 e. The molecular formula is C14H22ClN3O2. The number of nitrogens with two attached hydrogens (primary N) is 1. The number of benzene rings is 1. The molecule has 0 aliphatic heterocycles. The first-order chi connectivity index (χ1) is 9.22. The van der Waals surface area contributed by atoms with Crippen molar-refractivity contribution >= 4 is 36.2 Å². The molecule has 6 heteroatoms. The van der Waals surface area contributed by atoms with Crippen molar-refractivity contribution in [2.45, 2.75) is 32.6 Å². The minimum atomic E-state index is -0.476. The SMILES string of the molecule is CCCCCCOC(=O)NC=Nc1ccc(N)cc1.Cl. The van der Waals surface area contributed by atoms with Gasteiger partial charge in [0, 0.05) is 5.69 Å². The molecule has 0 saturated heterocycles. The molecule has 5 nitrogen and oxygen atoms in total. The molecule has 0 aromatic heterocycles. The molecule has 0 aliphatic rings. The van der Waals surface area contributed by atoms with Crippen LogP contribution in [0.25, 0.3) is 0 Å². The summed E-state index contributed by atoms with van der Waals surface area (Å²) in [5, 5.41) is 2.45. The van der Waals surface area contributed by atoms with Crippen LogP contribution in [-0.4, -0.2) is 19.0 Å². The van der Waals surface area contributed by atoms with E-state index in [-0.39, 0.29) is 12.4 Å². The molecule has 3 N–H and O–H groups in total. The highest BCUT2D eigenvalue weighted by Gasteiger charge is 1.98. The zero-order valence-electron chi connectivity index (χ0n) is 11.7. The van der Waals surface area contributed by atoms with Crippen LogP contribution >= 0.6 is 12.4 Å². The number of nitrogens with one attached hydrogen (secondary N) is 1. The van der Waals surface area contributed by atoms with Crippen molar-refractivity contribution in [2.24, 2.45) is 4.99 Å². The van der Waals surface area contributed by atoms with Gasteiger partial charge in [0.05, 0.1) is 18.6 Å². The summed E-state index contributed by atoms with van der Waals surface area (Å²) in [6.45, 7) is 2.59. The first-order valence-electron chi connectivity index (χ1n) is 6.53. The van der Waals surface area contributed by atoms with E-state index in [1.165, 1.54) is 19.2 Å². The molecule has 112 valence electrons. The van der Waals surface area contributed by atoms with E-state index in [0.717, 1.165) is 18.5 Å². The third kappa shape index (κ3) is 8.37. The zero-order chi connectivity index (χ0) is 13.9. The number of carbonyl (C=O) groups is 1. The van der Waals surface area contributed by atoms with Gasteiger partial charge in [0.15, 0.2) is 0 Å². The maximum Gasteiger partial charge on any atom is 0.412 e. The van der Waals surface area contributed by atoms with Gasteiger partial charge in [0.25, 0.3) is 0 Å². The van der Waals surface area contributed by atoms with Gasteiger partial charge in [0.2, 0.25) is 0 Å². The molecule has 1 aromatic rings. The predicted octanol–water partition coefficient (Wildman–Crippen LogP) is 3.66. The number of rotatable bonds is 7. The van der Waals surface area contributed by atoms with Crippen LogP contribution < -0.4 is 11.1 Å². The van der Waals surface area contributed by atoms with Gasteiger partial charge in [-0.1, -0.05) is 26.2 Å². The average Bonchev–Trinajstić information content (AvgIpc) is 2.41. The highest BCUT2D eigenvalue weighted by Crippen LogP contribution is 2.12. The Morgan fingerprint density at radius 3 is 2.65 bits per heavy atom. The van der Waals surface area contributed by atoms with Gasteiger partial charge in [0.1, 0.15) is 0 Å². The van der Waals surface area contributed by atoms with E-state index >= 15 is 0 Å². The molecule has 0 aliphatic carbocycles. The Bertz CT molecular complexity index is 407. The van der Waals surface area contributed by atoms with Crippen LogP contribution in [0.2, 0.25) is 0 Å². The van der Waals surface area contributed by atoms with Gasteiger partial charge in [-0.25, -0.2) is 9.79 Å². The number of nitrogens with zero attached hydrogens (tertiary/aromatic N) is 1. The van der Waals surface area contributed by atoms with Gasteiger partial charge in [-0.05, 0) is 30.7 Å². The number of anilines is 1. The number of ether oxygens (including phenoxy) is 1. The fourth-order valence-corrected chi connectivity index (χ4v) is 1.46. The van der Waals surface area contributed by atoms with Crippen molar-refractivity contribution in [1.82, 2.24) is 5.32 Å². The molecule has 20 heavy (non-hydrogen) atoms. The van der Waals surface area contributed by atoms with Gasteiger partial charge in [-0.2, -0.15) is 0 Å². The lowest BCUT2D eigenvalue weighted by Gasteiger charge is -2.03. The Labute approximate surface area is 126 Å². The van der Waals surface area contributed by atoms with E-state index < -0.39 is 6.09 Å². The van der Waals surface area contributed by atoms with Crippen molar-refractivity contribution in [1.29, 1.82) is 0 Å². The number of aliphatic imine (C=N–C) groups is 1. The fraction of sp³-hybridized carbons (Fsp3) is 0.429. The Hall–Kier alpha value is -1.75. The van der Waals surface area contributed by atoms with Crippen LogP contribution in [0.5, 0.6) is 0 Å². The highest BCUT2D eigenvalue weighted by molar-refractivity contribution is 5.85. The summed E-state index contributed by atoms with van der Waals surface area (Å²) < 4.78 is 4.98. The molecule has 0 radical (unpaired) electrons. The third-order valence-electron chi connectivity index (χ3n) is 2.52. The molecule has 0 spiro atoms. The fourth-order valence-electron chi connectivity index (χ4n) is 1.46. The number of amides is 1. The molecule has 0 saturated carbocycles. The first-order valence-corrected chi connectivity index (χ1v) is 6.53. The largest absolute Gasteiger partial charge is 0.449 e. The van der Waals surface area contributed by atoms with E-state index in [9.17, 15) is 4.79 Å². The molecule has 0 unspecified atom stereocenters. The second-order valence-electron chi connectivity index (χ2n) is 4.19. The molecule has 0 atom stereocenters. The van der Waals surface area contributed by atoms with Crippen LogP contribution in [-0.2, 0) is 4.74 Å². The Kier molecular flexibility index (Phi) is 10.1. The summed E-state index contributed by atoms with van der Waals surface area (Å²) in [4.78, 5) is 15.3. The maximum atomic E-state index is 11.3. The van der Waals surface area contributed by atoms with Crippen molar-refractivity contribution in [2.75, 3.05) is 12.3 Å². The van der Waals surface area contributed by atoms with Crippen LogP contribution in [0.3, 0.4) is 0 Å². The van der Waals surface area contributed by atoms with Crippen molar-refractivity contribution in [3.05, 3.63) is 24.3 Å². The molecule has 1 amide bonds. The monoisotopic (exact) mass is 299 g/mol. The second kappa shape index (κ2) is 11.1. The smallest absolute Gasteiger partial charge is 0.412 e. The number of halogens is 1. The lowest BCUT2D eigenvalue weighted by atomic mass is 10.2. The number of carbonyl (C=O) groups excluding carboxylic acids is 1. The predicted molar refractivity (Wildman–Crippen MR) is 84.9 cm³/mol. The van der Waals surface area contributed by atoms with E-state index in [1.54, 1.807) is 24.3 Å². The first kappa shape index (κ1) is 18.2. The number of alkyl carbamates (subject to hydrolysis) is 1. The summed E-state index contributed by atoms with van der Waals surface area (Å²) >= 11 is 0. The molecule has 0 fully saturated rings. The molecule has 0 heterocycles. The van der Waals surface area contributed by atoms with E-state index in [4.69, 9.17) is 10.5 Å². The number of hydrogen-bond acceptors (Lipinski definition) is 4. The summed E-state index contributed by atoms with van der Waals surface area (Å²) in [5.74, 6) is 0. The van der Waals surface area contributed by atoms with Gasteiger partial charge < -0.3 is 10.5 Å². The summed E-state index contributed by atoms with van der Waals surface area (Å²) in [7, 11) is 0. The lowest BCUT2D eigenvalue weighted by molar-refractivity contribution is 0.149. The minimum absolute atomic E-state index is 0. The number of nitrogen functional groups attached to an aromatic ring is 1. The topological polar surface area (TPSA) is 76.7 Å². The molecule has 0 bridgehead atoms. The van der Waals surface area contributed by atoms with Gasteiger partial charge in [-0.3, -0.25) is 5.32 Å². The summed E-state index contributed by atoms with van der Waals surface area (Å²) in [6.07, 6.45) is 5.17. The lowest BCUT2D eigenvalue weighted by Crippen LogP contribution is -2.22. The molecule has 1 aromatic carbocycles. The zero-order valence-corrected chi connectivity index (χ0v) is 12.5. The van der Waals surface area contributed by atoms with Crippen molar-refractivity contribution in [3.63, 3.8) is 0 Å². The van der Waals surface area contributed by atoms with Crippen molar-refractivity contribution in [3.8, 4) is 0 Å². The second-order valence-corrected chi connectivity index (χ2v) is 4.19. The number of unbranched alkanes of at least 4 members (excludes halogenated alkanes) is 3.